The first-order valence-corrected chi connectivity index (χ1v) is 9.99. The quantitative estimate of drug-likeness (QED) is 0.632. The van der Waals surface area contributed by atoms with Crippen molar-refractivity contribution in [2.75, 3.05) is 13.1 Å². The van der Waals surface area contributed by atoms with Gasteiger partial charge in [0.15, 0.2) is 5.82 Å². The highest BCUT2D eigenvalue weighted by Crippen LogP contribution is 2.27. The summed E-state index contributed by atoms with van der Waals surface area (Å²) < 4.78 is 39.2. The van der Waals surface area contributed by atoms with Gasteiger partial charge in [-0.25, -0.2) is 8.42 Å². The third-order valence-electron chi connectivity index (χ3n) is 4.30. The van der Waals surface area contributed by atoms with Crippen LogP contribution in [0.4, 0.5) is 0 Å². The van der Waals surface area contributed by atoms with E-state index in [-0.39, 0.29) is 11.0 Å². The zero-order chi connectivity index (χ0) is 19.0. The monoisotopic (exact) mass is 389 g/mol. The van der Waals surface area contributed by atoms with E-state index in [0.29, 0.717) is 37.1 Å². The number of sulfonamides is 1. The Morgan fingerprint density at radius 3 is 2.81 bits per heavy atom. The molecule has 0 radical (unpaired) electrons. The molecule has 0 amide bonds. The second-order valence-corrected chi connectivity index (χ2v) is 8.21. The van der Waals surface area contributed by atoms with Crippen LogP contribution in [0.15, 0.2) is 46.1 Å². The highest BCUT2D eigenvalue weighted by molar-refractivity contribution is 7.89. The standard InChI is InChI=1S/C17H19N5O4S/c1-3-21-11-16(8-18-21)27(23,24)22-9-15(10-22)25-14-6-4-5-13(7-14)17-19-12(2)20-26-17/h4-8,11,15H,3,9-10H2,1-2H3. The predicted molar refractivity (Wildman–Crippen MR) is 95.5 cm³/mol. The van der Waals surface area contributed by atoms with Gasteiger partial charge in [0, 0.05) is 18.3 Å². The number of hydrogen-bond donors (Lipinski definition) is 0. The molecule has 4 rings (SSSR count). The van der Waals surface area contributed by atoms with Crippen molar-refractivity contribution < 1.29 is 17.7 Å². The topological polar surface area (TPSA) is 103 Å². The molecular formula is C17H19N5O4S. The molecule has 10 heteroatoms. The molecule has 0 saturated carbocycles. The minimum Gasteiger partial charge on any atom is -0.488 e. The lowest BCUT2D eigenvalue weighted by molar-refractivity contribution is 0.0762. The van der Waals surface area contributed by atoms with Gasteiger partial charge < -0.3 is 9.26 Å². The van der Waals surface area contributed by atoms with E-state index in [1.807, 2.05) is 25.1 Å². The van der Waals surface area contributed by atoms with Crippen LogP contribution in [0.5, 0.6) is 5.75 Å². The number of aryl methyl sites for hydroxylation is 2. The van der Waals surface area contributed by atoms with Crippen LogP contribution in [0.3, 0.4) is 0 Å². The van der Waals surface area contributed by atoms with Gasteiger partial charge in [0.2, 0.25) is 10.0 Å². The Balaban J connectivity index is 1.40. The van der Waals surface area contributed by atoms with E-state index < -0.39 is 10.0 Å². The number of rotatable bonds is 6. The average molecular weight is 389 g/mol. The highest BCUT2D eigenvalue weighted by atomic mass is 32.2. The lowest BCUT2D eigenvalue weighted by Crippen LogP contribution is -2.55. The van der Waals surface area contributed by atoms with Gasteiger partial charge in [0.05, 0.1) is 19.3 Å². The Morgan fingerprint density at radius 2 is 2.15 bits per heavy atom. The van der Waals surface area contributed by atoms with Crippen molar-refractivity contribution in [3.8, 4) is 17.2 Å². The fourth-order valence-electron chi connectivity index (χ4n) is 2.78. The molecule has 3 heterocycles. The number of hydrogen-bond acceptors (Lipinski definition) is 7. The normalized spacial score (nSPS) is 15.6. The molecule has 0 unspecified atom stereocenters. The maximum atomic E-state index is 12.6. The second kappa shape index (κ2) is 6.78. The van der Waals surface area contributed by atoms with Crippen LogP contribution in [-0.2, 0) is 16.6 Å². The van der Waals surface area contributed by atoms with Gasteiger partial charge in [-0.2, -0.15) is 14.4 Å². The average Bonchev–Trinajstić information content (AvgIpc) is 3.27. The van der Waals surface area contributed by atoms with E-state index in [1.165, 1.54) is 10.5 Å². The van der Waals surface area contributed by atoms with Crippen molar-refractivity contribution in [3.63, 3.8) is 0 Å². The van der Waals surface area contributed by atoms with Gasteiger partial charge in [-0.3, -0.25) is 4.68 Å². The largest absolute Gasteiger partial charge is 0.488 e. The first-order valence-electron chi connectivity index (χ1n) is 8.55. The van der Waals surface area contributed by atoms with Gasteiger partial charge in [-0.15, -0.1) is 0 Å². The van der Waals surface area contributed by atoms with Crippen LogP contribution in [0.25, 0.3) is 11.5 Å². The summed E-state index contributed by atoms with van der Waals surface area (Å²) >= 11 is 0. The van der Waals surface area contributed by atoms with Crippen molar-refractivity contribution in [1.82, 2.24) is 24.2 Å². The first kappa shape index (κ1) is 17.7. The molecule has 9 nitrogen and oxygen atoms in total. The number of benzene rings is 1. The maximum absolute atomic E-state index is 12.6. The number of aromatic nitrogens is 4. The molecule has 142 valence electrons. The molecule has 0 aliphatic carbocycles. The van der Waals surface area contributed by atoms with Crippen molar-refractivity contribution in [2.24, 2.45) is 0 Å². The smallest absolute Gasteiger partial charge is 0.258 e. The van der Waals surface area contributed by atoms with Crippen molar-refractivity contribution in [1.29, 1.82) is 0 Å². The predicted octanol–water partition coefficient (Wildman–Crippen LogP) is 1.71. The van der Waals surface area contributed by atoms with Crippen LogP contribution in [0.1, 0.15) is 12.7 Å². The Morgan fingerprint density at radius 1 is 1.33 bits per heavy atom. The summed E-state index contributed by atoms with van der Waals surface area (Å²) in [7, 11) is -3.53. The molecule has 1 saturated heterocycles. The molecule has 27 heavy (non-hydrogen) atoms. The molecule has 0 atom stereocenters. The molecular weight excluding hydrogens is 370 g/mol. The lowest BCUT2D eigenvalue weighted by Gasteiger charge is -2.37. The van der Waals surface area contributed by atoms with E-state index >= 15 is 0 Å². The minimum atomic E-state index is -3.53. The maximum Gasteiger partial charge on any atom is 0.258 e. The van der Waals surface area contributed by atoms with Gasteiger partial charge in [-0.05, 0) is 32.0 Å². The lowest BCUT2D eigenvalue weighted by atomic mass is 10.2. The molecule has 0 N–H and O–H groups in total. The summed E-state index contributed by atoms with van der Waals surface area (Å²) in [5, 5.41) is 7.81. The summed E-state index contributed by atoms with van der Waals surface area (Å²) in [4.78, 5) is 4.40. The number of ether oxygens (including phenoxy) is 1. The zero-order valence-electron chi connectivity index (χ0n) is 14.9. The van der Waals surface area contributed by atoms with Crippen LogP contribution in [0.2, 0.25) is 0 Å². The number of nitrogens with zero attached hydrogens (tertiary/aromatic N) is 5. The summed E-state index contributed by atoms with van der Waals surface area (Å²) in [5.74, 6) is 1.61. The Hall–Kier alpha value is -2.72. The molecule has 3 aromatic rings. The van der Waals surface area contributed by atoms with Gasteiger partial charge >= 0.3 is 0 Å². The SMILES string of the molecule is CCn1cc(S(=O)(=O)N2CC(Oc3cccc(-c4nc(C)no4)c3)C2)cn1. The van der Waals surface area contributed by atoms with Crippen molar-refractivity contribution in [2.45, 2.75) is 31.4 Å². The molecule has 1 fully saturated rings. The van der Waals surface area contributed by atoms with E-state index in [2.05, 4.69) is 15.2 Å². The van der Waals surface area contributed by atoms with Crippen LogP contribution in [-0.4, -0.2) is 51.8 Å². The van der Waals surface area contributed by atoms with Crippen LogP contribution < -0.4 is 4.74 Å². The zero-order valence-corrected chi connectivity index (χ0v) is 15.8. The van der Waals surface area contributed by atoms with E-state index in [4.69, 9.17) is 9.26 Å². The van der Waals surface area contributed by atoms with Gasteiger partial charge in [0.25, 0.3) is 5.89 Å². The second-order valence-electron chi connectivity index (χ2n) is 6.27. The van der Waals surface area contributed by atoms with E-state index in [9.17, 15) is 8.42 Å². The fraction of sp³-hybridized carbons (Fsp3) is 0.353. The molecule has 0 bridgehead atoms. The molecule has 1 aromatic carbocycles. The van der Waals surface area contributed by atoms with Gasteiger partial charge in [-0.1, -0.05) is 11.2 Å². The van der Waals surface area contributed by atoms with Crippen molar-refractivity contribution in [3.05, 3.63) is 42.5 Å². The Labute approximate surface area is 156 Å². The van der Waals surface area contributed by atoms with E-state index in [1.54, 1.807) is 23.9 Å². The van der Waals surface area contributed by atoms with Gasteiger partial charge in [0.1, 0.15) is 16.7 Å². The fourth-order valence-corrected chi connectivity index (χ4v) is 4.24. The minimum absolute atomic E-state index is 0.205. The van der Waals surface area contributed by atoms with Crippen LogP contribution >= 0.6 is 0 Å². The summed E-state index contributed by atoms with van der Waals surface area (Å²) in [6.45, 7) is 4.87. The Kier molecular flexibility index (Phi) is 4.44. The highest BCUT2D eigenvalue weighted by Gasteiger charge is 2.38. The first-order chi connectivity index (χ1) is 13.0. The third kappa shape index (κ3) is 3.45. The summed E-state index contributed by atoms with van der Waals surface area (Å²) in [5.41, 5.74) is 0.754. The molecule has 0 spiro atoms. The van der Waals surface area contributed by atoms with Crippen molar-refractivity contribution >= 4 is 10.0 Å². The van der Waals surface area contributed by atoms with E-state index in [0.717, 1.165) is 5.56 Å². The molecule has 2 aromatic heterocycles. The van der Waals surface area contributed by atoms with Crippen LogP contribution in [0, 0.1) is 6.92 Å². The Bertz CT molecular complexity index is 1050. The molecule has 1 aliphatic heterocycles. The molecule has 1 aliphatic rings. The summed E-state index contributed by atoms with van der Waals surface area (Å²) in [6.07, 6.45) is 2.71. The summed E-state index contributed by atoms with van der Waals surface area (Å²) in [6, 6.07) is 7.30. The third-order valence-corrected chi connectivity index (χ3v) is 6.08.